The fourth-order valence-corrected chi connectivity index (χ4v) is 1.86. The smallest absolute Gasteiger partial charge is 0.126 e. The molecule has 2 aromatic rings. The predicted octanol–water partition coefficient (Wildman–Crippen LogP) is 2.24. The van der Waals surface area contributed by atoms with Gasteiger partial charge in [-0.1, -0.05) is 24.3 Å². The lowest BCUT2D eigenvalue weighted by Gasteiger charge is -2.13. The van der Waals surface area contributed by atoms with E-state index in [1.165, 1.54) is 5.56 Å². The van der Waals surface area contributed by atoms with Crippen LogP contribution in [0.2, 0.25) is 0 Å². The second-order valence-corrected chi connectivity index (χ2v) is 4.10. The Morgan fingerprint density at radius 3 is 2.76 bits per heavy atom. The third kappa shape index (κ3) is 2.47. The van der Waals surface area contributed by atoms with Crippen molar-refractivity contribution in [3.05, 3.63) is 36.0 Å². The van der Waals surface area contributed by atoms with Gasteiger partial charge in [0.05, 0.1) is 12.3 Å². The second kappa shape index (κ2) is 5.01. The fraction of sp³-hybridized carbons (Fsp3) is 0.308. The molecule has 90 valence electrons. The van der Waals surface area contributed by atoms with Crippen molar-refractivity contribution < 1.29 is 4.74 Å². The SMILES string of the molecule is COC(C)Cc1ccccc1-c1cn[nH]c1N. The summed E-state index contributed by atoms with van der Waals surface area (Å²) in [7, 11) is 1.72. The lowest BCUT2D eigenvalue weighted by Crippen LogP contribution is -2.09. The van der Waals surface area contributed by atoms with E-state index < -0.39 is 0 Å². The van der Waals surface area contributed by atoms with E-state index in [1.54, 1.807) is 13.3 Å². The molecule has 1 atom stereocenters. The van der Waals surface area contributed by atoms with E-state index in [0.717, 1.165) is 17.5 Å². The van der Waals surface area contributed by atoms with Crippen molar-refractivity contribution in [3.63, 3.8) is 0 Å². The average molecular weight is 231 g/mol. The average Bonchev–Trinajstić information content (AvgIpc) is 2.76. The van der Waals surface area contributed by atoms with E-state index in [0.29, 0.717) is 5.82 Å². The van der Waals surface area contributed by atoms with Crippen LogP contribution in [-0.4, -0.2) is 23.4 Å². The minimum Gasteiger partial charge on any atom is -0.384 e. The number of aromatic nitrogens is 2. The molecule has 17 heavy (non-hydrogen) atoms. The van der Waals surface area contributed by atoms with Crippen molar-refractivity contribution in [2.75, 3.05) is 12.8 Å². The molecule has 0 saturated heterocycles. The van der Waals surface area contributed by atoms with E-state index in [2.05, 4.69) is 29.3 Å². The number of anilines is 1. The molecular weight excluding hydrogens is 214 g/mol. The van der Waals surface area contributed by atoms with Crippen LogP contribution in [0, 0.1) is 0 Å². The Morgan fingerprint density at radius 1 is 1.35 bits per heavy atom. The predicted molar refractivity (Wildman–Crippen MR) is 68.6 cm³/mol. The lowest BCUT2D eigenvalue weighted by atomic mass is 9.98. The van der Waals surface area contributed by atoms with Gasteiger partial charge in [0.15, 0.2) is 0 Å². The van der Waals surface area contributed by atoms with Crippen molar-refractivity contribution >= 4 is 5.82 Å². The Kier molecular flexibility index (Phi) is 3.44. The molecule has 0 bridgehead atoms. The zero-order chi connectivity index (χ0) is 12.3. The molecule has 1 heterocycles. The number of rotatable bonds is 4. The normalized spacial score (nSPS) is 12.6. The molecule has 0 amide bonds. The van der Waals surface area contributed by atoms with Crippen LogP contribution < -0.4 is 5.73 Å². The highest BCUT2D eigenvalue weighted by atomic mass is 16.5. The minimum absolute atomic E-state index is 0.185. The largest absolute Gasteiger partial charge is 0.384 e. The highest BCUT2D eigenvalue weighted by Gasteiger charge is 2.11. The third-order valence-corrected chi connectivity index (χ3v) is 2.89. The summed E-state index contributed by atoms with van der Waals surface area (Å²) in [6.07, 6.45) is 2.80. The number of hydrogen-bond donors (Lipinski definition) is 2. The summed E-state index contributed by atoms with van der Waals surface area (Å²) in [5.74, 6) is 0.600. The van der Waals surface area contributed by atoms with E-state index in [1.807, 2.05) is 12.1 Å². The topological polar surface area (TPSA) is 63.9 Å². The molecule has 4 nitrogen and oxygen atoms in total. The third-order valence-electron chi connectivity index (χ3n) is 2.89. The van der Waals surface area contributed by atoms with Gasteiger partial charge >= 0.3 is 0 Å². The van der Waals surface area contributed by atoms with Crippen LogP contribution in [0.15, 0.2) is 30.5 Å². The first-order valence-corrected chi connectivity index (χ1v) is 5.62. The lowest BCUT2D eigenvalue weighted by molar-refractivity contribution is 0.119. The Bertz CT molecular complexity index is 493. The summed E-state index contributed by atoms with van der Waals surface area (Å²) in [6, 6.07) is 8.18. The van der Waals surface area contributed by atoms with Gasteiger partial charge in [-0.05, 0) is 24.5 Å². The molecular formula is C13H17N3O. The summed E-state index contributed by atoms with van der Waals surface area (Å²) < 4.78 is 5.30. The Labute approximate surface area is 101 Å². The van der Waals surface area contributed by atoms with Crippen molar-refractivity contribution in [3.8, 4) is 11.1 Å². The van der Waals surface area contributed by atoms with Gasteiger partial charge in [0.25, 0.3) is 0 Å². The molecule has 1 aromatic heterocycles. The van der Waals surface area contributed by atoms with Gasteiger partial charge in [0.1, 0.15) is 5.82 Å². The standard InChI is InChI=1S/C13H17N3O/c1-9(17-2)7-10-5-3-4-6-11(10)12-8-15-16-13(12)14/h3-6,8-9H,7H2,1-2H3,(H3,14,15,16). The Balaban J connectivity index is 2.38. The summed E-state index contributed by atoms with van der Waals surface area (Å²) >= 11 is 0. The maximum atomic E-state index is 5.86. The van der Waals surface area contributed by atoms with Crippen LogP contribution in [0.4, 0.5) is 5.82 Å². The number of benzene rings is 1. The van der Waals surface area contributed by atoms with Gasteiger partial charge in [0.2, 0.25) is 0 Å². The van der Waals surface area contributed by atoms with Crippen molar-refractivity contribution in [1.29, 1.82) is 0 Å². The van der Waals surface area contributed by atoms with E-state index in [4.69, 9.17) is 10.5 Å². The summed E-state index contributed by atoms with van der Waals surface area (Å²) in [4.78, 5) is 0. The van der Waals surface area contributed by atoms with E-state index in [-0.39, 0.29) is 6.10 Å². The molecule has 0 aliphatic heterocycles. The molecule has 0 aliphatic rings. The summed E-state index contributed by atoms with van der Waals surface area (Å²) in [5.41, 5.74) is 9.13. The molecule has 0 fully saturated rings. The fourth-order valence-electron chi connectivity index (χ4n) is 1.86. The van der Waals surface area contributed by atoms with Gasteiger partial charge in [-0.15, -0.1) is 0 Å². The second-order valence-electron chi connectivity index (χ2n) is 4.10. The first kappa shape index (κ1) is 11.7. The number of hydrogen-bond acceptors (Lipinski definition) is 3. The maximum Gasteiger partial charge on any atom is 0.126 e. The Morgan fingerprint density at radius 2 is 2.12 bits per heavy atom. The summed E-state index contributed by atoms with van der Waals surface area (Å²) in [5, 5.41) is 6.72. The van der Waals surface area contributed by atoms with Crippen LogP contribution in [0.25, 0.3) is 11.1 Å². The quantitative estimate of drug-likeness (QED) is 0.848. The van der Waals surface area contributed by atoms with Crippen LogP contribution in [0.3, 0.4) is 0 Å². The number of nitrogens with one attached hydrogen (secondary N) is 1. The van der Waals surface area contributed by atoms with Gasteiger partial charge < -0.3 is 10.5 Å². The van der Waals surface area contributed by atoms with Crippen LogP contribution in [0.1, 0.15) is 12.5 Å². The number of methoxy groups -OCH3 is 1. The molecule has 0 saturated carbocycles. The molecule has 0 radical (unpaired) electrons. The molecule has 4 heteroatoms. The highest BCUT2D eigenvalue weighted by Crippen LogP contribution is 2.28. The minimum atomic E-state index is 0.185. The van der Waals surface area contributed by atoms with Crippen LogP contribution in [-0.2, 0) is 11.2 Å². The number of nitrogen functional groups attached to an aromatic ring is 1. The first-order chi connectivity index (χ1) is 8.22. The first-order valence-electron chi connectivity index (χ1n) is 5.62. The van der Waals surface area contributed by atoms with E-state index >= 15 is 0 Å². The zero-order valence-corrected chi connectivity index (χ0v) is 10.1. The van der Waals surface area contributed by atoms with Crippen LogP contribution >= 0.6 is 0 Å². The maximum absolute atomic E-state index is 5.86. The number of H-pyrrole nitrogens is 1. The van der Waals surface area contributed by atoms with Gasteiger partial charge in [-0.3, -0.25) is 5.10 Å². The van der Waals surface area contributed by atoms with Crippen LogP contribution in [0.5, 0.6) is 0 Å². The number of ether oxygens (including phenoxy) is 1. The molecule has 1 unspecified atom stereocenters. The van der Waals surface area contributed by atoms with Crippen molar-refractivity contribution in [2.24, 2.45) is 0 Å². The summed E-state index contributed by atoms with van der Waals surface area (Å²) in [6.45, 7) is 2.05. The molecule has 0 spiro atoms. The molecule has 1 aromatic carbocycles. The number of nitrogens with zero attached hydrogens (tertiary/aromatic N) is 1. The van der Waals surface area contributed by atoms with Crippen molar-refractivity contribution in [2.45, 2.75) is 19.4 Å². The molecule has 0 aliphatic carbocycles. The molecule has 2 rings (SSSR count). The number of nitrogens with two attached hydrogens (primary N) is 1. The van der Waals surface area contributed by atoms with Crippen molar-refractivity contribution in [1.82, 2.24) is 10.2 Å². The van der Waals surface area contributed by atoms with E-state index in [9.17, 15) is 0 Å². The molecule has 3 N–H and O–H groups in total. The van der Waals surface area contributed by atoms with Gasteiger partial charge in [-0.2, -0.15) is 5.10 Å². The number of aromatic amines is 1. The monoisotopic (exact) mass is 231 g/mol. The Hall–Kier alpha value is -1.81. The zero-order valence-electron chi connectivity index (χ0n) is 10.1. The van der Waals surface area contributed by atoms with Gasteiger partial charge in [0, 0.05) is 12.7 Å². The van der Waals surface area contributed by atoms with Gasteiger partial charge in [-0.25, -0.2) is 0 Å². The highest BCUT2D eigenvalue weighted by molar-refractivity contribution is 5.75.